The maximum Gasteiger partial charge on any atom is 0.253 e. The number of rotatable bonds is 6. The molecule has 0 aliphatic carbocycles. The van der Waals surface area contributed by atoms with Crippen LogP contribution < -0.4 is 14.8 Å². The fraction of sp³-hybridized carbons (Fsp3) is 0.333. The molecule has 0 saturated carbocycles. The maximum absolute atomic E-state index is 12.6. The smallest absolute Gasteiger partial charge is 0.253 e. The molecule has 1 atom stereocenters. The second kappa shape index (κ2) is 7.83. The number of amides is 1. The molecule has 2 aromatic heterocycles. The largest absolute Gasteiger partial charge is 0.497 e. The second-order valence-electron chi connectivity index (χ2n) is 6.00. The van der Waals surface area contributed by atoms with Gasteiger partial charge in [-0.05, 0) is 26.8 Å². The molecule has 3 rings (SSSR count). The molecule has 0 aliphatic rings. The Hall–Kier alpha value is -2.81. The molecule has 0 unspecified atom stereocenters. The lowest BCUT2D eigenvalue weighted by atomic mass is 10.2. The number of aromatic nitrogens is 4. The molecule has 0 radical (unpaired) electrons. The van der Waals surface area contributed by atoms with E-state index in [2.05, 4.69) is 20.4 Å². The third-order valence-electron chi connectivity index (χ3n) is 3.87. The quantitative estimate of drug-likeness (QED) is 0.650. The molecule has 0 spiro atoms. The van der Waals surface area contributed by atoms with Gasteiger partial charge >= 0.3 is 0 Å². The molecule has 9 heteroatoms. The van der Waals surface area contributed by atoms with Crippen molar-refractivity contribution in [1.29, 1.82) is 0 Å². The average Bonchev–Trinajstić information content (AvgIpc) is 3.03. The Kier molecular flexibility index (Phi) is 5.50. The minimum Gasteiger partial charge on any atom is -0.497 e. The zero-order valence-electron chi connectivity index (χ0n) is 15.8. The van der Waals surface area contributed by atoms with Crippen LogP contribution in [0.3, 0.4) is 0 Å². The number of nitrogens with zero attached hydrogens (tertiary/aromatic N) is 4. The van der Waals surface area contributed by atoms with Gasteiger partial charge in [-0.2, -0.15) is 4.98 Å². The fourth-order valence-electron chi connectivity index (χ4n) is 2.53. The van der Waals surface area contributed by atoms with Gasteiger partial charge in [0.15, 0.2) is 0 Å². The summed E-state index contributed by atoms with van der Waals surface area (Å²) in [6.45, 7) is 5.65. The third-order valence-corrected chi connectivity index (χ3v) is 4.82. The number of benzene rings is 1. The predicted molar refractivity (Wildman–Crippen MR) is 104 cm³/mol. The third kappa shape index (κ3) is 4.30. The molecule has 0 aliphatic heterocycles. The Morgan fingerprint density at radius 2 is 1.78 bits per heavy atom. The molecule has 3 aromatic rings. The Bertz CT molecular complexity index is 966. The van der Waals surface area contributed by atoms with E-state index in [9.17, 15) is 4.79 Å². The normalized spacial score (nSPS) is 12.0. The van der Waals surface area contributed by atoms with Gasteiger partial charge in [0.1, 0.15) is 11.5 Å². The number of anilines is 1. The number of ether oxygens (including phenoxy) is 2. The first kappa shape index (κ1) is 19.0. The van der Waals surface area contributed by atoms with Crippen molar-refractivity contribution in [3.63, 3.8) is 0 Å². The minimum atomic E-state index is -0.402. The minimum absolute atomic E-state index is 0.171. The number of nitrogens with one attached hydrogen (secondary N) is 1. The number of hydrogen-bond acceptors (Lipinski definition) is 7. The van der Waals surface area contributed by atoms with Crippen molar-refractivity contribution < 1.29 is 14.3 Å². The predicted octanol–water partition coefficient (Wildman–Crippen LogP) is 2.88. The summed E-state index contributed by atoms with van der Waals surface area (Å²) in [5, 5.41) is 7.39. The van der Waals surface area contributed by atoms with E-state index in [1.807, 2.05) is 19.9 Å². The molecule has 8 nitrogen and oxygen atoms in total. The number of aryl methyl sites for hydroxylation is 2. The van der Waals surface area contributed by atoms with Crippen molar-refractivity contribution in [3.8, 4) is 11.5 Å². The summed E-state index contributed by atoms with van der Waals surface area (Å²) in [7, 11) is 3.12. The van der Waals surface area contributed by atoms with Crippen LogP contribution in [0.5, 0.6) is 11.5 Å². The van der Waals surface area contributed by atoms with E-state index in [-0.39, 0.29) is 5.91 Å². The summed E-state index contributed by atoms with van der Waals surface area (Å²) in [6, 6.07) is 7.14. The zero-order chi connectivity index (χ0) is 19.6. The molecular weight excluding hydrogens is 366 g/mol. The summed E-state index contributed by atoms with van der Waals surface area (Å²) in [6.07, 6.45) is 0. The highest BCUT2D eigenvalue weighted by Crippen LogP contribution is 2.27. The molecular formula is C18H21N5O3S. The van der Waals surface area contributed by atoms with Crippen molar-refractivity contribution in [2.75, 3.05) is 19.5 Å². The highest BCUT2D eigenvalue weighted by atomic mass is 32.2. The van der Waals surface area contributed by atoms with Crippen LogP contribution in [0, 0.1) is 13.8 Å². The lowest BCUT2D eigenvalue weighted by Crippen LogP contribution is -2.22. The Morgan fingerprint density at radius 1 is 1.11 bits per heavy atom. The van der Waals surface area contributed by atoms with Crippen LogP contribution in [0.15, 0.2) is 29.4 Å². The fourth-order valence-corrected chi connectivity index (χ4v) is 3.28. The topological polar surface area (TPSA) is 90.6 Å². The maximum atomic E-state index is 12.6. The van der Waals surface area contributed by atoms with Crippen LogP contribution in [0.4, 0.5) is 5.69 Å². The molecule has 1 amide bonds. The van der Waals surface area contributed by atoms with Gasteiger partial charge in [0, 0.05) is 35.3 Å². The summed E-state index contributed by atoms with van der Waals surface area (Å²) in [5.41, 5.74) is 2.42. The Balaban J connectivity index is 1.73. The van der Waals surface area contributed by atoms with E-state index in [1.165, 1.54) is 11.8 Å². The van der Waals surface area contributed by atoms with Gasteiger partial charge in [-0.3, -0.25) is 4.79 Å². The SMILES string of the molecule is COc1cc(NC(=O)[C@H](C)Sc2nc3nc(C)cc(C)n3n2)cc(OC)c1. The standard InChI is InChI=1S/C18H21N5O3S/c1-10-6-11(2)23-17(19-10)21-18(22-23)27-12(3)16(24)20-13-7-14(25-4)9-15(8-13)26-5/h6-9,12H,1-5H3,(H,20,24)/t12-/m0/s1. The molecule has 1 aromatic carbocycles. The lowest BCUT2D eigenvalue weighted by Gasteiger charge is -2.12. The highest BCUT2D eigenvalue weighted by molar-refractivity contribution is 8.00. The van der Waals surface area contributed by atoms with Crippen LogP contribution in [0.1, 0.15) is 18.3 Å². The average molecular weight is 387 g/mol. The van der Waals surface area contributed by atoms with Crippen molar-refractivity contribution >= 4 is 29.1 Å². The number of carbonyl (C=O) groups excluding carboxylic acids is 1. The van der Waals surface area contributed by atoms with Crippen LogP contribution in [0.25, 0.3) is 5.78 Å². The van der Waals surface area contributed by atoms with Crippen molar-refractivity contribution in [2.45, 2.75) is 31.2 Å². The van der Waals surface area contributed by atoms with E-state index >= 15 is 0 Å². The molecule has 142 valence electrons. The van der Waals surface area contributed by atoms with Gasteiger partial charge in [0.2, 0.25) is 11.1 Å². The van der Waals surface area contributed by atoms with Gasteiger partial charge < -0.3 is 14.8 Å². The van der Waals surface area contributed by atoms with Gasteiger partial charge in [0.05, 0.1) is 19.5 Å². The highest BCUT2D eigenvalue weighted by Gasteiger charge is 2.19. The van der Waals surface area contributed by atoms with Crippen molar-refractivity contribution in [2.24, 2.45) is 0 Å². The summed E-state index contributed by atoms with van der Waals surface area (Å²) in [4.78, 5) is 21.3. The van der Waals surface area contributed by atoms with Crippen LogP contribution >= 0.6 is 11.8 Å². The number of fused-ring (bicyclic) bond motifs is 1. The first-order valence-electron chi connectivity index (χ1n) is 8.31. The summed E-state index contributed by atoms with van der Waals surface area (Å²) < 4.78 is 12.1. The van der Waals surface area contributed by atoms with E-state index in [4.69, 9.17) is 9.47 Å². The first-order chi connectivity index (χ1) is 12.9. The number of methoxy groups -OCH3 is 2. The summed E-state index contributed by atoms with van der Waals surface area (Å²) >= 11 is 1.27. The number of thioether (sulfide) groups is 1. The van der Waals surface area contributed by atoms with Crippen molar-refractivity contribution in [3.05, 3.63) is 35.7 Å². The van der Waals surface area contributed by atoms with Crippen LogP contribution in [-0.4, -0.2) is 45.0 Å². The molecule has 0 fully saturated rings. The van der Waals surface area contributed by atoms with Crippen molar-refractivity contribution in [1.82, 2.24) is 19.6 Å². The van der Waals surface area contributed by atoms with Gasteiger partial charge in [-0.1, -0.05) is 11.8 Å². The Morgan fingerprint density at radius 3 is 2.41 bits per heavy atom. The van der Waals surface area contributed by atoms with Crippen LogP contribution in [0.2, 0.25) is 0 Å². The van der Waals surface area contributed by atoms with E-state index < -0.39 is 5.25 Å². The van der Waals surface area contributed by atoms with E-state index in [0.29, 0.717) is 28.1 Å². The van der Waals surface area contributed by atoms with E-state index in [1.54, 1.807) is 43.9 Å². The summed E-state index contributed by atoms with van der Waals surface area (Å²) in [5.74, 6) is 1.56. The Labute approximate surface area is 161 Å². The molecule has 0 saturated heterocycles. The second-order valence-corrected chi connectivity index (χ2v) is 7.30. The van der Waals surface area contributed by atoms with Gasteiger partial charge in [-0.25, -0.2) is 9.50 Å². The van der Waals surface area contributed by atoms with Gasteiger partial charge in [0.25, 0.3) is 5.78 Å². The van der Waals surface area contributed by atoms with Gasteiger partial charge in [-0.15, -0.1) is 5.10 Å². The monoisotopic (exact) mass is 387 g/mol. The molecule has 0 bridgehead atoms. The lowest BCUT2D eigenvalue weighted by molar-refractivity contribution is -0.115. The zero-order valence-corrected chi connectivity index (χ0v) is 16.6. The first-order valence-corrected chi connectivity index (χ1v) is 9.19. The number of hydrogen-bond donors (Lipinski definition) is 1. The van der Waals surface area contributed by atoms with Crippen LogP contribution in [-0.2, 0) is 4.79 Å². The number of carbonyl (C=O) groups is 1. The molecule has 2 heterocycles. The molecule has 27 heavy (non-hydrogen) atoms. The van der Waals surface area contributed by atoms with E-state index in [0.717, 1.165) is 11.4 Å². The molecule has 1 N–H and O–H groups in total.